The molecule has 6 heteroatoms. The molecule has 1 heterocycles. The third kappa shape index (κ3) is 2.48. The number of nitrogens with one attached hydrogen (secondary N) is 1. The summed E-state index contributed by atoms with van der Waals surface area (Å²) in [5.74, 6) is 0.0460. The van der Waals surface area contributed by atoms with Crippen LogP contribution in [0.25, 0.3) is 0 Å². The second-order valence-electron chi connectivity index (χ2n) is 4.44. The maximum Gasteiger partial charge on any atom is 0.274 e. The number of amides is 1. The first-order chi connectivity index (χ1) is 8.59. The smallest absolute Gasteiger partial charge is 0.274 e. The van der Waals surface area contributed by atoms with E-state index in [-0.39, 0.29) is 24.1 Å². The molecule has 2 rings (SSSR count). The third-order valence-corrected chi connectivity index (χ3v) is 3.10. The summed E-state index contributed by atoms with van der Waals surface area (Å²) < 4.78 is 0. The van der Waals surface area contributed by atoms with E-state index in [1.165, 1.54) is 6.07 Å². The van der Waals surface area contributed by atoms with E-state index in [0.717, 1.165) is 0 Å². The Bertz CT molecular complexity index is 471. The van der Waals surface area contributed by atoms with Crippen molar-refractivity contribution in [1.29, 1.82) is 0 Å². The molecule has 1 aromatic rings. The van der Waals surface area contributed by atoms with Gasteiger partial charge in [-0.1, -0.05) is 18.2 Å². The van der Waals surface area contributed by atoms with Crippen molar-refractivity contribution in [3.8, 4) is 0 Å². The summed E-state index contributed by atoms with van der Waals surface area (Å²) in [6, 6.07) is 6.50. The Morgan fingerprint density at radius 1 is 1.50 bits per heavy atom. The Morgan fingerprint density at radius 3 is 2.72 bits per heavy atom. The summed E-state index contributed by atoms with van der Waals surface area (Å²) in [5.41, 5.74) is 0.620. The zero-order chi connectivity index (χ0) is 13.1. The zero-order valence-electron chi connectivity index (χ0n) is 10.1. The van der Waals surface area contributed by atoms with E-state index in [0.29, 0.717) is 18.7 Å². The third-order valence-electron chi connectivity index (χ3n) is 3.10. The topological polar surface area (TPSA) is 75.5 Å². The van der Waals surface area contributed by atoms with E-state index in [1.807, 2.05) is 0 Å². The van der Waals surface area contributed by atoms with Crippen LogP contribution in [0.1, 0.15) is 5.56 Å². The molecule has 1 fully saturated rings. The van der Waals surface area contributed by atoms with Gasteiger partial charge in [0.1, 0.15) is 0 Å². The minimum Gasteiger partial charge on any atom is -0.341 e. The quantitative estimate of drug-likeness (QED) is 0.631. The van der Waals surface area contributed by atoms with Crippen molar-refractivity contribution in [3.63, 3.8) is 0 Å². The van der Waals surface area contributed by atoms with Crippen LogP contribution >= 0.6 is 0 Å². The second kappa shape index (κ2) is 5.14. The first-order valence-corrected chi connectivity index (χ1v) is 5.77. The van der Waals surface area contributed by atoms with Gasteiger partial charge in [0, 0.05) is 31.8 Å². The lowest BCUT2D eigenvalue weighted by atomic mass is 10.0. The molecular weight excluding hydrogens is 234 g/mol. The Hall–Kier alpha value is -1.95. The SMILES string of the molecule is CN(Cc1ccccc1[N+](=O)[O-])C(=O)C1CNC1. The minimum absolute atomic E-state index is 0.0118. The molecule has 0 atom stereocenters. The van der Waals surface area contributed by atoms with Crippen LogP contribution in [0.2, 0.25) is 0 Å². The van der Waals surface area contributed by atoms with Crippen LogP contribution in [0.3, 0.4) is 0 Å². The molecule has 1 aliphatic heterocycles. The summed E-state index contributed by atoms with van der Waals surface area (Å²) in [7, 11) is 1.68. The summed E-state index contributed by atoms with van der Waals surface area (Å²) in [6.45, 7) is 1.66. The molecule has 0 aromatic heterocycles. The molecule has 0 bridgehead atoms. The number of benzene rings is 1. The van der Waals surface area contributed by atoms with Gasteiger partial charge in [-0.25, -0.2) is 0 Å². The summed E-state index contributed by atoms with van der Waals surface area (Å²) in [6.07, 6.45) is 0. The number of nitro groups is 1. The first kappa shape index (κ1) is 12.5. The monoisotopic (exact) mass is 249 g/mol. The lowest BCUT2D eigenvalue weighted by molar-refractivity contribution is -0.385. The lowest BCUT2D eigenvalue weighted by Crippen LogP contribution is -2.51. The van der Waals surface area contributed by atoms with Gasteiger partial charge in [-0.05, 0) is 0 Å². The van der Waals surface area contributed by atoms with Gasteiger partial charge in [-0.2, -0.15) is 0 Å². The van der Waals surface area contributed by atoms with E-state index < -0.39 is 4.92 Å². The maximum absolute atomic E-state index is 11.9. The highest BCUT2D eigenvalue weighted by Crippen LogP contribution is 2.20. The van der Waals surface area contributed by atoms with Gasteiger partial charge < -0.3 is 10.2 Å². The van der Waals surface area contributed by atoms with E-state index in [1.54, 1.807) is 30.1 Å². The van der Waals surface area contributed by atoms with E-state index in [2.05, 4.69) is 5.32 Å². The van der Waals surface area contributed by atoms with Crippen molar-refractivity contribution in [1.82, 2.24) is 10.2 Å². The largest absolute Gasteiger partial charge is 0.341 e. The molecule has 0 aliphatic carbocycles. The van der Waals surface area contributed by atoms with Gasteiger partial charge in [-0.15, -0.1) is 0 Å². The lowest BCUT2D eigenvalue weighted by Gasteiger charge is -2.30. The van der Waals surface area contributed by atoms with Gasteiger partial charge >= 0.3 is 0 Å². The van der Waals surface area contributed by atoms with E-state index >= 15 is 0 Å². The highest BCUT2D eigenvalue weighted by atomic mass is 16.6. The van der Waals surface area contributed by atoms with Gasteiger partial charge in [0.15, 0.2) is 0 Å². The van der Waals surface area contributed by atoms with Crippen LogP contribution in [0.4, 0.5) is 5.69 Å². The number of para-hydroxylation sites is 1. The minimum atomic E-state index is -0.418. The van der Waals surface area contributed by atoms with E-state index in [9.17, 15) is 14.9 Å². The molecule has 0 saturated carbocycles. The Balaban J connectivity index is 2.08. The van der Waals surface area contributed by atoms with Crippen molar-refractivity contribution in [2.75, 3.05) is 20.1 Å². The molecule has 1 saturated heterocycles. The fraction of sp³-hybridized carbons (Fsp3) is 0.417. The van der Waals surface area contributed by atoms with Gasteiger partial charge in [0.2, 0.25) is 5.91 Å². The van der Waals surface area contributed by atoms with Crippen LogP contribution < -0.4 is 5.32 Å². The number of hydrogen-bond donors (Lipinski definition) is 1. The second-order valence-corrected chi connectivity index (χ2v) is 4.44. The normalized spacial score (nSPS) is 14.9. The van der Waals surface area contributed by atoms with Crippen molar-refractivity contribution < 1.29 is 9.72 Å². The molecule has 96 valence electrons. The highest BCUT2D eigenvalue weighted by Gasteiger charge is 2.28. The number of carbonyl (C=O) groups excluding carboxylic acids is 1. The van der Waals surface area contributed by atoms with Crippen molar-refractivity contribution in [2.45, 2.75) is 6.54 Å². The average molecular weight is 249 g/mol. The zero-order valence-corrected chi connectivity index (χ0v) is 10.1. The van der Waals surface area contributed by atoms with Crippen molar-refractivity contribution >= 4 is 11.6 Å². The van der Waals surface area contributed by atoms with Crippen LogP contribution in [-0.2, 0) is 11.3 Å². The van der Waals surface area contributed by atoms with Crippen molar-refractivity contribution in [3.05, 3.63) is 39.9 Å². The molecule has 1 aliphatic rings. The van der Waals surface area contributed by atoms with Gasteiger partial charge in [0.25, 0.3) is 5.69 Å². The number of nitrogens with zero attached hydrogens (tertiary/aromatic N) is 2. The Labute approximate surface area is 105 Å². The van der Waals surface area contributed by atoms with Crippen LogP contribution in [0, 0.1) is 16.0 Å². The van der Waals surface area contributed by atoms with Crippen LogP contribution in [-0.4, -0.2) is 35.9 Å². The fourth-order valence-corrected chi connectivity index (χ4v) is 1.93. The first-order valence-electron chi connectivity index (χ1n) is 5.77. The van der Waals surface area contributed by atoms with Gasteiger partial charge in [-0.3, -0.25) is 14.9 Å². The molecule has 1 aromatic carbocycles. The Kier molecular flexibility index (Phi) is 3.57. The van der Waals surface area contributed by atoms with Crippen LogP contribution in [0.15, 0.2) is 24.3 Å². The standard InChI is InChI=1S/C12H15N3O3/c1-14(12(16)10-6-13-7-10)8-9-4-2-3-5-11(9)15(17)18/h2-5,10,13H,6-8H2,1H3. The molecule has 0 spiro atoms. The van der Waals surface area contributed by atoms with E-state index in [4.69, 9.17) is 0 Å². The average Bonchev–Trinajstić information content (AvgIpc) is 2.27. The molecule has 0 radical (unpaired) electrons. The molecule has 6 nitrogen and oxygen atoms in total. The van der Waals surface area contributed by atoms with Crippen LogP contribution in [0.5, 0.6) is 0 Å². The van der Waals surface area contributed by atoms with Gasteiger partial charge in [0.05, 0.1) is 17.4 Å². The maximum atomic E-state index is 11.9. The molecule has 18 heavy (non-hydrogen) atoms. The molecule has 1 N–H and O–H groups in total. The predicted octanol–water partition coefficient (Wildman–Crippen LogP) is 0.773. The summed E-state index contributed by atoms with van der Waals surface area (Å²) in [5, 5.41) is 13.9. The number of nitro benzene ring substituents is 1. The molecule has 0 unspecified atom stereocenters. The number of hydrogen-bond acceptors (Lipinski definition) is 4. The number of rotatable bonds is 4. The summed E-state index contributed by atoms with van der Waals surface area (Å²) >= 11 is 0. The predicted molar refractivity (Wildman–Crippen MR) is 65.9 cm³/mol. The highest BCUT2D eigenvalue weighted by molar-refractivity contribution is 5.80. The summed E-state index contributed by atoms with van der Waals surface area (Å²) in [4.78, 5) is 23.9. The molecule has 1 amide bonds. The van der Waals surface area contributed by atoms with Crippen molar-refractivity contribution in [2.24, 2.45) is 5.92 Å². The molecular formula is C12H15N3O3. The fourth-order valence-electron chi connectivity index (χ4n) is 1.93. The Morgan fingerprint density at radius 2 is 2.17 bits per heavy atom. The number of carbonyl (C=O) groups is 1.